The lowest BCUT2D eigenvalue weighted by atomic mass is 10.1. The van der Waals surface area contributed by atoms with Gasteiger partial charge in [0.25, 0.3) is 0 Å². The summed E-state index contributed by atoms with van der Waals surface area (Å²) in [7, 11) is 0. The number of aromatic nitrogens is 1. The molecular weight excluding hydrogens is 321 g/mol. The number of aliphatic hydroxyl groups is 3. The molecule has 7 heteroatoms. The van der Waals surface area contributed by atoms with Gasteiger partial charge in [-0.05, 0) is 29.8 Å². The number of rotatable bonds is 3. The van der Waals surface area contributed by atoms with Crippen molar-refractivity contribution >= 4 is 11.8 Å². The zero-order valence-electron chi connectivity index (χ0n) is 12.0. The van der Waals surface area contributed by atoms with E-state index in [4.69, 9.17) is 4.74 Å². The molecule has 1 fully saturated rings. The third-order valence-electron chi connectivity index (χ3n) is 3.60. The Hall–Kier alpha value is -1.67. The Morgan fingerprint density at radius 3 is 2.65 bits per heavy atom. The SMILES string of the molecule is O[C@@H]1[C@@H](O)[C@H](Oc2cccc(-c3ccc(F)nc3)c2)SC[C@H]1O. The predicted octanol–water partition coefficient (Wildman–Crippen LogP) is 1.42. The maximum atomic E-state index is 12.9. The second-order valence-electron chi connectivity index (χ2n) is 5.27. The fraction of sp³-hybridized carbons (Fsp3) is 0.312. The third-order valence-corrected chi connectivity index (χ3v) is 4.84. The minimum Gasteiger partial charge on any atom is -0.477 e. The van der Waals surface area contributed by atoms with Gasteiger partial charge in [-0.25, -0.2) is 4.98 Å². The van der Waals surface area contributed by atoms with Gasteiger partial charge in [0.15, 0.2) is 5.44 Å². The molecule has 5 nitrogen and oxygen atoms in total. The summed E-state index contributed by atoms with van der Waals surface area (Å²) in [6.45, 7) is 0. The molecule has 1 saturated heterocycles. The molecule has 0 bridgehead atoms. The standard InChI is InChI=1S/C16H16FNO4S/c17-13-5-4-10(7-18-13)9-2-1-3-11(6-9)22-16-15(21)14(20)12(19)8-23-16/h1-7,12,14-16,19-21H,8H2/t12-,14+,15-,16-/m1/s1. The molecule has 4 atom stereocenters. The normalized spacial score (nSPS) is 27.7. The van der Waals surface area contributed by atoms with Crippen LogP contribution >= 0.6 is 11.8 Å². The van der Waals surface area contributed by atoms with E-state index in [0.29, 0.717) is 5.75 Å². The third kappa shape index (κ3) is 3.64. The van der Waals surface area contributed by atoms with Gasteiger partial charge >= 0.3 is 0 Å². The zero-order chi connectivity index (χ0) is 16.4. The highest BCUT2D eigenvalue weighted by Gasteiger charge is 2.38. The number of hydrogen-bond acceptors (Lipinski definition) is 6. The van der Waals surface area contributed by atoms with Gasteiger partial charge in [-0.1, -0.05) is 12.1 Å². The molecule has 2 aromatic rings. The van der Waals surface area contributed by atoms with E-state index < -0.39 is 29.7 Å². The van der Waals surface area contributed by atoms with E-state index >= 15 is 0 Å². The van der Waals surface area contributed by atoms with E-state index in [1.54, 1.807) is 24.3 Å². The molecule has 2 heterocycles. The Morgan fingerprint density at radius 1 is 1.09 bits per heavy atom. The average Bonchev–Trinajstić information content (AvgIpc) is 2.56. The zero-order valence-corrected chi connectivity index (χ0v) is 12.9. The molecule has 1 aromatic carbocycles. The maximum Gasteiger partial charge on any atom is 0.212 e. The molecule has 1 aromatic heterocycles. The van der Waals surface area contributed by atoms with E-state index in [1.165, 1.54) is 24.0 Å². The molecule has 0 aliphatic carbocycles. The Balaban J connectivity index is 1.76. The highest BCUT2D eigenvalue weighted by atomic mass is 32.2. The fourth-order valence-electron chi connectivity index (χ4n) is 2.31. The fourth-order valence-corrected chi connectivity index (χ4v) is 3.43. The van der Waals surface area contributed by atoms with Crippen molar-refractivity contribution < 1.29 is 24.4 Å². The first-order valence-electron chi connectivity index (χ1n) is 7.09. The number of thioether (sulfide) groups is 1. The average molecular weight is 337 g/mol. The summed E-state index contributed by atoms with van der Waals surface area (Å²) in [5, 5.41) is 29.2. The smallest absolute Gasteiger partial charge is 0.212 e. The van der Waals surface area contributed by atoms with Crippen molar-refractivity contribution in [1.82, 2.24) is 4.98 Å². The summed E-state index contributed by atoms with van der Waals surface area (Å²) in [4.78, 5) is 3.62. The molecule has 0 amide bonds. The molecule has 0 spiro atoms. The van der Waals surface area contributed by atoms with E-state index in [1.807, 2.05) is 6.07 Å². The predicted molar refractivity (Wildman–Crippen MR) is 84.5 cm³/mol. The Kier molecular flexibility index (Phi) is 4.82. The largest absolute Gasteiger partial charge is 0.477 e. The van der Waals surface area contributed by atoms with Gasteiger partial charge in [0, 0.05) is 17.5 Å². The minimum atomic E-state index is -1.23. The van der Waals surface area contributed by atoms with Crippen LogP contribution in [-0.2, 0) is 0 Å². The van der Waals surface area contributed by atoms with Gasteiger partial charge in [0.2, 0.25) is 5.95 Å². The second kappa shape index (κ2) is 6.84. The van der Waals surface area contributed by atoms with Crippen molar-refractivity contribution in [3.05, 3.63) is 48.5 Å². The van der Waals surface area contributed by atoms with Crippen LogP contribution in [0.25, 0.3) is 11.1 Å². The van der Waals surface area contributed by atoms with E-state index in [-0.39, 0.29) is 5.75 Å². The van der Waals surface area contributed by atoms with E-state index in [9.17, 15) is 19.7 Å². The van der Waals surface area contributed by atoms with Crippen LogP contribution in [0.1, 0.15) is 0 Å². The van der Waals surface area contributed by atoms with Crippen LogP contribution in [-0.4, -0.2) is 49.8 Å². The number of pyridine rings is 1. The first kappa shape index (κ1) is 16.2. The molecule has 1 aliphatic heterocycles. The van der Waals surface area contributed by atoms with Crippen LogP contribution in [0.3, 0.4) is 0 Å². The number of hydrogen-bond donors (Lipinski definition) is 3. The first-order chi connectivity index (χ1) is 11.0. The summed E-state index contributed by atoms with van der Waals surface area (Å²) in [6.07, 6.45) is -1.95. The highest BCUT2D eigenvalue weighted by molar-refractivity contribution is 7.99. The van der Waals surface area contributed by atoms with Gasteiger partial charge in [0.1, 0.15) is 18.0 Å². The highest BCUT2D eigenvalue weighted by Crippen LogP contribution is 2.31. The number of benzene rings is 1. The molecule has 0 radical (unpaired) electrons. The van der Waals surface area contributed by atoms with Crippen LogP contribution in [0.5, 0.6) is 5.75 Å². The summed E-state index contributed by atoms with van der Waals surface area (Å²) in [6, 6.07) is 9.99. The number of aliphatic hydroxyl groups excluding tert-OH is 3. The van der Waals surface area contributed by atoms with E-state index in [2.05, 4.69) is 4.98 Å². The lowest BCUT2D eigenvalue weighted by molar-refractivity contribution is -0.0786. The topological polar surface area (TPSA) is 82.8 Å². The number of halogens is 1. The monoisotopic (exact) mass is 337 g/mol. The van der Waals surface area contributed by atoms with Gasteiger partial charge in [-0.15, -0.1) is 11.8 Å². The molecule has 23 heavy (non-hydrogen) atoms. The van der Waals surface area contributed by atoms with Gasteiger partial charge in [-0.2, -0.15) is 4.39 Å². The van der Waals surface area contributed by atoms with Crippen LogP contribution in [0, 0.1) is 5.95 Å². The lowest BCUT2D eigenvalue weighted by Gasteiger charge is -2.34. The molecule has 0 saturated carbocycles. The minimum absolute atomic E-state index is 0.282. The first-order valence-corrected chi connectivity index (χ1v) is 8.14. The van der Waals surface area contributed by atoms with Gasteiger partial charge in [-0.3, -0.25) is 0 Å². The van der Waals surface area contributed by atoms with E-state index in [0.717, 1.165) is 11.1 Å². The number of nitrogens with zero attached hydrogens (tertiary/aromatic N) is 1. The van der Waals surface area contributed by atoms with Crippen molar-refractivity contribution in [1.29, 1.82) is 0 Å². The molecular formula is C16H16FNO4S. The van der Waals surface area contributed by atoms with Crippen molar-refractivity contribution in [3.63, 3.8) is 0 Å². The second-order valence-corrected chi connectivity index (χ2v) is 6.40. The van der Waals surface area contributed by atoms with Crippen molar-refractivity contribution in [2.75, 3.05) is 5.75 Å². The number of ether oxygens (including phenoxy) is 1. The van der Waals surface area contributed by atoms with Crippen LogP contribution in [0.15, 0.2) is 42.6 Å². The van der Waals surface area contributed by atoms with Crippen molar-refractivity contribution in [2.45, 2.75) is 23.7 Å². The van der Waals surface area contributed by atoms with Gasteiger partial charge < -0.3 is 20.1 Å². The molecule has 3 rings (SSSR count). The molecule has 3 N–H and O–H groups in total. The molecule has 1 aliphatic rings. The summed E-state index contributed by atoms with van der Waals surface area (Å²) >= 11 is 1.24. The summed E-state index contributed by atoms with van der Waals surface area (Å²) < 4.78 is 18.6. The quantitative estimate of drug-likeness (QED) is 0.735. The maximum absolute atomic E-state index is 12.9. The molecule has 122 valence electrons. The lowest BCUT2D eigenvalue weighted by Crippen LogP contribution is -2.50. The summed E-state index contributed by atoms with van der Waals surface area (Å²) in [5.74, 6) is 0.243. The van der Waals surface area contributed by atoms with Crippen LogP contribution in [0.2, 0.25) is 0 Å². The van der Waals surface area contributed by atoms with Crippen molar-refractivity contribution in [2.24, 2.45) is 0 Å². The Morgan fingerprint density at radius 2 is 1.91 bits per heavy atom. The van der Waals surface area contributed by atoms with Crippen LogP contribution < -0.4 is 4.74 Å². The van der Waals surface area contributed by atoms with Crippen molar-refractivity contribution in [3.8, 4) is 16.9 Å². The molecule has 0 unspecified atom stereocenters. The summed E-state index contributed by atoms with van der Waals surface area (Å²) in [5.41, 5.74) is 0.866. The Bertz CT molecular complexity index is 669. The van der Waals surface area contributed by atoms with Gasteiger partial charge in [0.05, 0.1) is 6.10 Å². The van der Waals surface area contributed by atoms with Crippen LogP contribution in [0.4, 0.5) is 4.39 Å². The Labute approximate surface area is 136 Å².